The molecule has 1 rings (SSSR count). The molecule has 1 aromatic carbocycles. The summed E-state index contributed by atoms with van der Waals surface area (Å²) in [6.07, 6.45) is 0. The van der Waals surface area contributed by atoms with Gasteiger partial charge in [-0.15, -0.1) is 0 Å². The van der Waals surface area contributed by atoms with Gasteiger partial charge < -0.3 is 0 Å². The van der Waals surface area contributed by atoms with Gasteiger partial charge in [0.2, 0.25) is 0 Å². The van der Waals surface area contributed by atoms with Gasteiger partial charge in [0.25, 0.3) is 0 Å². The zero-order valence-electron chi connectivity index (χ0n) is 10.6. The molecule has 0 N–H and O–H groups in total. The third-order valence-electron chi connectivity index (χ3n) is 2.67. The first-order chi connectivity index (χ1) is 7.15. The van der Waals surface area contributed by atoms with Crippen LogP contribution in [-0.4, -0.2) is 13.7 Å². The van der Waals surface area contributed by atoms with Gasteiger partial charge in [-0.2, -0.15) is 0 Å². The van der Waals surface area contributed by atoms with Gasteiger partial charge in [0.1, 0.15) is 0 Å². The van der Waals surface area contributed by atoms with E-state index in [1.54, 1.807) is 26.0 Å². The molecule has 0 spiro atoms. The standard InChI is InChI=1S/C13H20O2S/c1-10(2)16(14,15)12-8-6-11(7-9-12)13(3,4)5/h6-10H,1-5H3. The second-order valence-electron chi connectivity index (χ2n) is 5.37. The molecular weight excluding hydrogens is 220 g/mol. The van der Waals surface area contributed by atoms with Crippen molar-refractivity contribution in [1.82, 2.24) is 0 Å². The molecule has 0 aliphatic rings. The maximum Gasteiger partial charge on any atom is 0.180 e. The van der Waals surface area contributed by atoms with Crippen LogP contribution < -0.4 is 0 Å². The maximum atomic E-state index is 11.9. The second kappa shape index (κ2) is 4.21. The van der Waals surface area contributed by atoms with E-state index in [2.05, 4.69) is 20.8 Å². The van der Waals surface area contributed by atoms with Crippen molar-refractivity contribution in [2.75, 3.05) is 0 Å². The Morgan fingerprint density at radius 3 is 1.75 bits per heavy atom. The molecule has 0 aromatic heterocycles. The van der Waals surface area contributed by atoms with Crippen LogP contribution in [0.2, 0.25) is 0 Å². The molecule has 16 heavy (non-hydrogen) atoms. The van der Waals surface area contributed by atoms with Crippen LogP contribution in [0.3, 0.4) is 0 Å². The summed E-state index contributed by atoms with van der Waals surface area (Å²) in [7, 11) is -3.14. The summed E-state index contributed by atoms with van der Waals surface area (Å²) in [6.45, 7) is 9.73. The van der Waals surface area contributed by atoms with Gasteiger partial charge in [-0.05, 0) is 37.0 Å². The second-order valence-corrected chi connectivity index (χ2v) is 7.87. The van der Waals surface area contributed by atoms with Crippen molar-refractivity contribution in [3.05, 3.63) is 29.8 Å². The highest BCUT2D eigenvalue weighted by Crippen LogP contribution is 2.24. The highest BCUT2D eigenvalue weighted by atomic mass is 32.2. The number of hydrogen-bond donors (Lipinski definition) is 0. The first-order valence-electron chi connectivity index (χ1n) is 5.50. The lowest BCUT2D eigenvalue weighted by atomic mass is 9.87. The van der Waals surface area contributed by atoms with E-state index < -0.39 is 9.84 Å². The van der Waals surface area contributed by atoms with Crippen LogP contribution in [0.15, 0.2) is 29.2 Å². The summed E-state index contributed by atoms with van der Waals surface area (Å²) in [4.78, 5) is 0.413. The van der Waals surface area contributed by atoms with Crippen LogP contribution in [-0.2, 0) is 15.3 Å². The van der Waals surface area contributed by atoms with Gasteiger partial charge >= 0.3 is 0 Å². The van der Waals surface area contributed by atoms with Gasteiger partial charge in [0.05, 0.1) is 10.1 Å². The Hall–Kier alpha value is -0.830. The summed E-state index contributed by atoms with van der Waals surface area (Å²) in [6, 6.07) is 7.20. The summed E-state index contributed by atoms with van der Waals surface area (Å²) < 4.78 is 23.8. The van der Waals surface area contributed by atoms with E-state index in [1.165, 1.54) is 0 Å². The minimum atomic E-state index is -3.14. The molecule has 3 heteroatoms. The van der Waals surface area contributed by atoms with Gasteiger partial charge in [-0.1, -0.05) is 32.9 Å². The predicted octanol–water partition coefficient (Wildman–Crippen LogP) is 3.17. The van der Waals surface area contributed by atoms with Crippen molar-refractivity contribution in [2.45, 2.75) is 50.2 Å². The predicted molar refractivity (Wildman–Crippen MR) is 67.5 cm³/mol. The topological polar surface area (TPSA) is 34.1 Å². The number of benzene rings is 1. The van der Waals surface area contributed by atoms with Crippen molar-refractivity contribution in [3.8, 4) is 0 Å². The summed E-state index contributed by atoms with van der Waals surface area (Å²) in [5.74, 6) is 0. The average molecular weight is 240 g/mol. The monoisotopic (exact) mass is 240 g/mol. The van der Waals surface area contributed by atoms with E-state index in [9.17, 15) is 8.42 Å². The quantitative estimate of drug-likeness (QED) is 0.795. The maximum absolute atomic E-state index is 11.9. The van der Waals surface area contributed by atoms with Gasteiger partial charge in [-0.3, -0.25) is 0 Å². The Morgan fingerprint density at radius 2 is 1.44 bits per heavy atom. The highest BCUT2D eigenvalue weighted by molar-refractivity contribution is 7.92. The summed E-state index contributed by atoms with van der Waals surface area (Å²) >= 11 is 0. The van der Waals surface area contributed by atoms with E-state index in [4.69, 9.17) is 0 Å². The van der Waals surface area contributed by atoms with Crippen LogP contribution in [0.25, 0.3) is 0 Å². The fourth-order valence-corrected chi connectivity index (χ4v) is 2.48. The molecule has 0 fully saturated rings. The van der Waals surface area contributed by atoms with Crippen LogP contribution in [0.1, 0.15) is 40.2 Å². The lowest BCUT2D eigenvalue weighted by Gasteiger charge is -2.19. The van der Waals surface area contributed by atoms with E-state index in [0.29, 0.717) is 4.90 Å². The van der Waals surface area contributed by atoms with Crippen molar-refractivity contribution in [1.29, 1.82) is 0 Å². The zero-order valence-corrected chi connectivity index (χ0v) is 11.4. The Bertz CT molecular complexity index is 448. The molecule has 2 nitrogen and oxygen atoms in total. The van der Waals surface area contributed by atoms with Crippen LogP contribution in [0, 0.1) is 0 Å². The summed E-state index contributed by atoms with van der Waals surface area (Å²) in [5, 5.41) is -0.368. The van der Waals surface area contributed by atoms with E-state index in [1.807, 2.05) is 12.1 Å². The molecule has 0 saturated carbocycles. The first-order valence-corrected chi connectivity index (χ1v) is 7.05. The molecule has 90 valence electrons. The normalized spacial score (nSPS) is 13.1. The lowest BCUT2D eigenvalue weighted by molar-refractivity contribution is 0.582. The third kappa shape index (κ3) is 2.64. The molecule has 0 bridgehead atoms. The van der Waals surface area contributed by atoms with Crippen LogP contribution in [0.5, 0.6) is 0 Å². The molecule has 0 aliphatic heterocycles. The number of sulfone groups is 1. The number of rotatable bonds is 2. The van der Waals surface area contributed by atoms with Gasteiger partial charge in [0, 0.05) is 0 Å². The smallest absolute Gasteiger partial charge is 0.180 e. The van der Waals surface area contributed by atoms with Crippen LogP contribution in [0.4, 0.5) is 0 Å². The zero-order chi connectivity index (χ0) is 12.6. The average Bonchev–Trinajstić information content (AvgIpc) is 2.16. The van der Waals surface area contributed by atoms with Crippen LogP contribution >= 0.6 is 0 Å². The van der Waals surface area contributed by atoms with Crippen molar-refractivity contribution >= 4 is 9.84 Å². The molecule has 0 atom stereocenters. The van der Waals surface area contributed by atoms with E-state index in [-0.39, 0.29) is 10.7 Å². The minimum Gasteiger partial charge on any atom is -0.223 e. The first kappa shape index (κ1) is 13.2. The molecule has 1 aromatic rings. The highest BCUT2D eigenvalue weighted by Gasteiger charge is 2.20. The van der Waals surface area contributed by atoms with E-state index >= 15 is 0 Å². The SMILES string of the molecule is CC(C)S(=O)(=O)c1ccc(C(C)(C)C)cc1. The Labute approximate surface area is 98.6 Å². The molecular formula is C13H20O2S. The fraction of sp³-hybridized carbons (Fsp3) is 0.538. The van der Waals surface area contributed by atoms with E-state index in [0.717, 1.165) is 5.56 Å². The van der Waals surface area contributed by atoms with Gasteiger partial charge in [-0.25, -0.2) is 8.42 Å². The fourth-order valence-electron chi connectivity index (χ4n) is 1.42. The summed E-state index contributed by atoms with van der Waals surface area (Å²) in [5.41, 5.74) is 1.20. The number of hydrogen-bond acceptors (Lipinski definition) is 2. The Morgan fingerprint density at radius 1 is 1.00 bits per heavy atom. The van der Waals surface area contributed by atoms with Gasteiger partial charge in [0.15, 0.2) is 9.84 Å². The largest absolute Gasteiger partial charge is 0.223 e. The molecule has 0 amide bonds. The lowest BCUT2D eigenvalue weighted by Crippen LogP contribution is -2.15. The minimum absolute atomic E-state index is 0.0557. The molecule has 0 radical (unpaired) electrons. The van der Waals surface area contributed by atoms with Crippen molar-refractivity contribution < 1.29 is 8.42 Å². The molecule has 0 aliphatic carbocycles. The molecule has 0 unspecified atom stereocenters. The Balaban J connectivity index is 3.15. The molecule has 0 heterocycles. The van der Waals surface area contributed by atoms with Crippen molar-refractivity contribution in [2.24, 2.45) is 0 Å². The third-order valence-corrected chi connectivity index (χ3v) is 4.84. The molecule has 0 saturated heterocycles. The Kier molecular flexibility index (Phi) is 3.48. The van der Waals surface area contributed by atoms with Crippen molar-refractivity contribution in [3.63, 3.8) is 0 Å².